The maximum atomic E-state index is 6.01. The molecule has 0 radical (unpaired) electrons. The summed E-state index contributed by atoms with van der Waals surface area (Å²) < 4.78 is 0. The number of nitrogens with one attached hydrogen (secondary N) is 1. The Morgan fingerprint density at radius 3 is 2.65 bits per heavy atom. The topological polar surface area (TPSA) is 37.8 Å². The van der Waals surface area contributed by atoms with Gasteiger partial charge in [0, 0.05) is 17.3 Å². The summed E-state index contributed by atoms with van der Waals surface area (Å²) in [5.41, 5.74) is 0. The number of hydrogen-bond donors (Lipinski definition) is 1. The Balaban J connectivity index is 2.20. The fourth-order valence-corrected chi connectivity index (χ4v) is 1.99. The van der Waals surface area contributed by atoms with Crippen molar-refractivity contribution >= 4 is 28.2 Å². The minimum Gasteiger partial charge on any atom is -0.368 e. The van der Waals surface area contributed by atoms with Crippen molar-refractivity contribution in [2.24, 2.45) is 0 Å². The summed E-state index contributed by atoms with van der Waals surface area (Å²) in [4.78, 5) is 0. The van der Waals surface area contributed by atoms with Gasteiger partial charge < -0.3 is 5.32 Å². The summed E-state index contributed by atoms with van der Waals surface area (Å²) >= 11 is 6.01. The van der Waals surface area contributed by atoms with Gasteiger partial charge in [0.2, 0.25) is 0 Å². The molecule has 0 aliphatic rings. The van der Waals surface area contributed by atoms with Crippen LogP contribution in [0.1, 0.15) is 26.2 Å². The molecule has 90 valence electrons. The van der Waals surface area contributed by atoms with Crippen LogP contribution in [0, 0.1) is 0 Å². The molecule has 0 bridgehead atoms. The number of benzene rings is 1. The molecule has 0 unspecified atom stereocenters. The average Bonchev–Trinajstić information content (AvgIpc) is 2.37. The Morgan fingerprint density at radius 1 is 1.12 bits per heavy atom. The number of rotatable bonds is 5. The molecule has 2 rings (SSSR count). The van der Waals surface area contributed by atoms with Crippen LogP contribution in [0.3, 0.4) is 0 Å². The lowest BCUT2D eigenvalue weighted by atomic mass is 10.2. The first kappa shape index (κ1) is 12.1. The second-order valence-corrected chi connectivity index (χ2v) is 4.38. The zero-order valence-electron chi connectivity index (χ0n) is 9.91. The molecule has 0 aliphatic heterocycles. The van der Waals surface area contributed by atoms with Gasteiger partial charge in [-0.2, -0.15) is 0 Å². The fourth-order valence-electron chi connectivity index (χ4n) is 1.78. The van der Waals surface area contributed by atoms with Crippen LogP contribution < -0.4 is 5.32 Å². The molecule has 0 fully saturated rings. The third-order valence-electron chi connectivity index (χ3n) is 2.72. The largest absolute Gasteiger partial charge is 0.368 e. The average molecular weight is 250 g/mol. The smallest absolute Gasteiger partial charge is 0.159 e. The summed E-state index contributed by atoms with van der Waals surface area (Å²) in [6, 6.07) is 7.91. The molecular formula is C13H16ClN3. The highest BCUT2D eigenvalue weighted by atomic mass is 35.5. The van der Waals surface area contributed by atoms with Crippen molar-refractivity contribution in [1.82, 2.24) is 10.2 Å². The van der Waals surface area contributed by atoms with Crippen LogP contribution in [0.4, 0.5) is 5.82 Å². The molecule has 1 aromatic carbocycles. The van der Waals surface area contributed by atoms with Crippen molar-refractivity contribution in [3.05, 3.63) is 29.4 Å². The van der Waals surface area contributed by atoms with Gasteiger partial charge in [-0.1, -0.05) is 55.6 Å². The quantitative estimate of drug-likeness (QED) is 0.817. The molecule has 1 aromatic heterocycles. The minimum absolute atomic E-state index is 0.458. The molecule has 3 nitrogen and oxygen atoms in total. The maximum Gasteiger partial charge on any atom is 0.159 e. The van der Waals surface area contributed by atoms with E-state index in [-0.39, 0.29) is 0 Å². The Labute approximate surface area is 106 Å². The molecule has 0 atom stereocenters. The van der Waals surface area contributed by atoms with Crippen LogP contribution in [0.15, 0.2) is 24.3 Å². The molecule has 1 heterocycles. The van der Waals surface area contributed by atoms with Crippen molar-refractivity contribution in [2.75, 3.05) is 11.9 Å². The van der Waals surface area contributed by atoms with E-state index in [4.69, 9.17) is 11.6 Å². The van der Waals surface area contributed by atoms with Crippen molar-refractivity contribution in [3.8, 4) is 0 Å². The Kier molecular flexibility index (Phi) is 4.15. The minimum atomic E-state index is 0.458. The van der Waals surface area contributed by atoms with Gasteiger partial charge in [0.25, 0.3) is 0 Å². The number of hydrogen-bond acceptors (Lipinski definition) is 3. The van der Waals surface area contributed by atoms with E-state index < -0.39 is 0 Å². The Bertz CT molecular complexity index is 499. The predicted octanol–water partition coefficient (Wildman–Crippen LogP) is 3.89. The first-order valence-electron chi connectivity index (χ1n) is 5.97. The zero-order chi connectivity index (χ0) is 12.1. The monoisotopic (exact) mass is 249 g/mol. The number of aromatic nitrogens is 2. The first-order chi connectivity index (χ1) is 8.33. The normalized spacial score (nSPS) is 10.7. The summed E-state index contributed by atoms with van der Waals surface area (Å²) in [6.07, 6.45) is 3.59. The maximum absolute atomic E-state index is 6.01. The molecule has 0 amide bonds. The summed E-state index contributed by atoms with van der Waals surface area (Å²) in [5.74, 6) is 0.820. The van der Waals surface area contributed by atoms with Crippen molar-refractivity contribution in [3.63, 3.8) is 0 Å². The van der Waals surface area contributed by atoms with E-state index in [0.29, 0.717) is 5.15 Å². The summed E-state index contributed by atoms with van der Waals surface area (Å²) in [5, 5.41) is 13.8. The lowest BCUT2D eigenvalue weighted by Crippen LogP contribution is -2.05. The van der Waals surface area contributed by atoms with Gasteiger partial charge in [0.1, 0.15) is 0 Å². The highest BCUT2D eigenvalue weighted by Crippen LogP contribution is 2.25. The molecule has 4 heteroatoms. The van der Waals surface area contributed by atoms with E-state index in [1.807, 2.05) is 24.3 Å². The third kappa shape index (κ3) is 2.86. The van der Waals surface area contributed by atoms with E-state index >= 15 is 0 Å². The van der Waals surface area contributed by atoms with E-state index in [1.54, 1.807) is 0 Å². The van der Waals surface area contributed by atoms with Crippen molar-refractivity contribution in [1.29, 1.82) is 0 Å². The van der Waals surface area contributed by atoms with Crippen LogP contribution in [0.25, 0.3) is 10.8 Å². The highest BCUT2D eigenvalue weighted by molar-refractivity contribution is 6.34. The Morgan fingerprint density at radius 2 is 1.88 bits per heavy atom. The molecule has 2 aromatic rings. The molecule has 0 saturated carbocycles. The number of anilines is 1. The second kappa shape index (κ2) is 5.82. The molecular weight excluding hydrogens is 234 g/mol. The number of nitrogens with zero attached hydrogens (tertiary/aromatic N) is 2. The summed E-state index contributed by atoms with van der Waals surface area (Å²) in [7, 11) is 0. The number of unbranched alkanes of at least 4 members (excludes halogenated alkanes) is 2. The standard InChI is InChI=1S/C13H16ClN3/c1-2-3-6-9-15-13-11-8-5-4-7-10(11)12(14)16-17-13/h4-5,7-8H,2-3,6,9H2,1H3,(H,15,17). The van der Waals surface area contributed by atoms with Gasteiger partial charge in [0.15, 0.2) is 11.0 Å². The van der Waals surface area contributed by atoms with E-state index in [2.05, 4.69) is 22.4 Å². The van der Waals surface area contributed by atoms with Gasteiger partial charge in [-0.15, -0.1) is 10.2 Å². The van der Waals surface area contributed by atoms with Crippen LogP contribution >= 0.6 is 11.6 Å². The van der Waals surface area contributed by atoms with Gasteiger partial charge in [-0.05, 0) is 6.42 Å². The zero-order valence-corrected chi connectivity index (χ0v) is 10.7. The molecule has 1 N–H and O–H groups in total. The van der Waals surface area contributed by atoms with Crippen LogP contribution in [0.2, 0.25) is 5.15 Å². The molecule has 0 saturated heterocycles. The van der Waals surface area contributed by atoms with Crippen molar-refractivity contribution in [2.45, 2.75) is 26.2 Å². The molecule has 17 heavy (non-hydrogen) atoms. The van der Waals surface area contributed by atoms with E-state index in [0.717, 1.165) is 29.6 Å². The lowest BCUT2D eigenvalue weighted by molar-refractivity contribution is 0.741. The van der Waals surface area contributed by atoms with E-state index in [9.17, 15) is 0 Å². The first-order valence-corrected chi connectivity index (χ1v) is 6.35. The van der Waals surface area contributed by atoms with E-state index in [1.165, 1.54) is 12.8 Å². The van der Waals surface area contributed by atoms with Crippen LogP contribution in [-0.4, -0.2) is 16.7 Å². The van der Waals surface area contributed by atoms with Gasteiger partial charge in [-0.3, -0.25) is 0 Å². The van der Waals surface area contributed by atoms with Gasteiger partial charge in [0.05, 0.1) is 0 Å². The number of halogens is 1. The van der Waals surface area contributed by atoms with Crippen LogP contribution in [-0.2, 0) is 0 Å². The van der Waals surface area contributed by atoms with Crippen LogP contribution in [0.5, 0.6) is 0 Å². The molecule has 0 spiro atoms. The lowest BCUT2D eigenvalue weighted by Gasteiger charge is -2.08. The SMILES string of the molecule is CCCCCNc1nnc(Cl)c2ccccc12. The van der Waals surface area contributed by atoms with Crippen molar-refractivity contribution < 1.29 is 0 Å². The predicted molar refractivity (Wildman–Crippen MR) is 72.6 cm³/mol. The molecule has 0 aliphatic carbocycles. The number of fused-ring (bicyclic) bond motifs is 1. The van der Waals surface area contributed by atoms with Gasteiger partial charge >= 0.3 is 0 Å². The summed E-state index contributed by atoms with van der Waals surface area (Å²) in [6.45, 7) is 3.12. The highest BCUT2D eigenvalue weighted by Gasteiger charge is 2.06. The van der Waals surface area contributed by atoms with Gasteiger partial charge in [-0.25, -0.2) is 0 Å². The second-order valence-electron chi connectivity index (χ2n) is 4.02. The Hall–Kier alpha value is -1.35. The third-order valence-corrected chi connectivity index (χ3v) is 2.99. The fraction of sp³-hybridized carbons (Fsp3) is 0.385.